The second kappa shape index (κ2) is 8.47. The van der Waals surface area contributed by atoms with Gasteiger partial charge in [0.25, 0.3) is 0 Å². The predicted molar refractivity (Wildman–Crippen MR) is 126 cm³/mol. The van der Waals surface area contributed by atoms with Gasteiger partial charge in [-0.05, 0) is 51.4 Å². The largest absolute Gasteiger partial charge is 0.480 e. The molecule has 1 amide bonds. The maximum Gasteiger partial charge on any atom is 0.410 e. The lowest BCUT2D eigenvalue weighted by Crippen LogP contribution is -2.36. The molecule has 5 rings (SSSR count). The first-order valence-corrected chi connectivity index (χ1v) is 10.9. The summed E-state index contributed by atoms with van der Waals surface area (Å²) in [5.74, 6) is -1.15. The molecule has 1 aliphatic rings. The van der Waals surface area contributed by atoms with Crippen molar-refractivity contribution in [1.29, 1.82) is 0 Å². The number of carbonyl (C=O) groups excluding carboxylic acids is 1. The maximum absolute atomic E-state index is 13.0. The standard InChI is InChI=1S/C27H24N2O4/c1-28-13-12-19-14-18(10-11-25(19)28)15-29(16-26(30)31)27(32)33-17-24-22-8-4-2-6-20(22)21-7-3-5-9-23(21)24/h2-14,24H,15-17H2,1H3,(H,30,31). The summed E-state index contributed by atoms with van der Waals surface area (Å²) < 4.78 is 7.70. The molecule has 0 atom stereocenters. The van der Waals surface area contributed by atoms with Crippen LogP contribution in [-0.4, -0.2) is 39.8 Å². The van der Waals surface area contributed by atoms with Crippen molar-refractivity contribution in [2.24, 2.45) is 7.05 Å². The summed E-state index contributed by atoms with van der Waals surface area (Å²) in [6.07, 6.45) is 1.34. The highest BCUT2D eigenvalue weighted by Crippen LogP contribution is 2.44. The van der Waals surface area contributed by atoms with E-state index in [1.54, 1.807) is 0 Å². The van der Waals surface area contributed by atoms with Crippen molar-refractivity contribution in [2.75, 3.05) is 13.2 Å². The SMILES string of the molecule is Cn1ccc2cc(CN(CC(=O)O)C(=O)OCC3c4ccccc4-c4ccccc43)ccc21. The van der Waals surface area contributed by atoms with Crippen LogP contribution >= 0.6 is 0 Å². The van der Waals surface area contributed by atoms with E-state index in [-0.39, 0.29) is 19.1 Å². The molecule has 0 radical (unpaired) electrons. The number of ether oxygens (including phenoxy) is 1. The van der Waals surface area contributed by atoms with E-state index in [1.807, 2.05) is 66.3 Å². The summed E-state index contributed by atoms with van der Waals surface area (Å²) in [5.41, 5.74) is 6.45. The molecule has 0 bridgehead atoms. The highest BCUT2D eigenvalue weighted by atomic mass is 16.6. The van der Waals surface area contributed by atoms with Gasteiger partial charge in [0.2, 0.25) is 0 Å². The first-order valence-electron chi connectivity index (χ1n) is 10.9. The van der Waals surface area contributed by atoms with Crippen molar-refractivity contribution >= 4 is 23.0 Å². The molecule has 1 N–H and O–H groups in total. The molecule has 0 unspecified atom stereocenters. The van der Waals surface area contributed by atoms with E-state index in [1.165, 1.54) is 4.90 Å². The van der Waals surface area contributed by atoms with Gasteiger partial charge in [0.15, 0.2) is 0 Å². The van der Waals surface area contributed by atoms with Gasteiger partial charge in [-0.25, -0.2) is 4.79 Å². The van der Waals surface area contributed by atoms with Gasteiger partial charge in [0, 0.05) is 31.2 Å². The third-order valence-electron chi connectivity index (χ3n) is 6.24. The van der Waals surface area contributed by atoms with E-state index in [9.17, 15) is 14.7 Å². The average Bonchev–Trinajstić information content (AvgIpc) is 3.34. The summed E-state index contributed by atoms with van der Waals surface area (Å²) >= 11 is 0. The summed E-state index contributed by atoms with van der Waals surface area (Å²) in [4.78, 5) is 25.7. The fourth-order valence-corrected chi connectivity index (χ4v) is 4.68. The number of aryl methyl sites for hydroxylation is 1. The smallest absolute Gasteiger partial charge is 0.410 e. The minimum absolute atomic E-state index is 0.0753. The third kappa shape index (κ3) is 3.96. The minimum atomic E-state index is -1.08. The van der Waals surface area contributed by atoms with Crippen LogP contribution in [0.25, 0.3) is 22.0 Å². The minimum Gasteiger partial charge on any atom is -0.480 e. The number of amides is 1. The number of rotatable bonds is 6. The monoisotopic (exact) mass is 440 g/mol. The first kappa shape index (κ1) is 20.8. The molecule has 6 heteroatoms. The molecule has 3 aromatic carbocycles. The predicted octanol–water partition coefficient (Wildman–Crippen LogP) is 5.01. The van der Waals surface area contributed by atoms with Crippen molar-refractivity contribution in [3.05, 3.63) is 95.7 Å². The zero-order valence-electron chi connectivity index (χ0n) is 18.3. The van der Waals surface area contributed by atoms with Crippen molar-refractivity contribution in [1.82, 2.24) is 9.47 Å². The molecule has 0 saturated carbocycles. The highest BCUT2D eigenvalue weighted by Gasteiger charge is 2.30. The van der Waals surface area contributed by atoms with E-state index < -0.39 is 18.6 Å². The molecule has 4 aromatic rings. The van der Waals surface area contributed by atoms with E-state index in [2.05, 4.69) is 24.3 Å². The molecule has 0 aliphatic heterocycles. The normalized spacial score (nSPS) is 12.4. The molecule has 0 saturated heterocycles. The van der Waals surface area contributed by atoms with Crippen LogP contribution in [0.15, 0.2) is 79.0 Å². The molecule has 1 aromatic heterocycles. The highest BCUT2D eigenvalue weighted by molar-refractivity contribution is 5.82. The number of aliphatic carboxylic acids is 1. The number of benzene rings is 3. The van der Waals surface area contributed by atoms with Gasteiger partial charge in [0.05, 0.1) is 0 Å². The Labute approximate surface area is 191 Å². The Balaban J connectivity index is 1.34. The van der Waals surface area contributed by atoms with Gasteiger partial charge in [-0.3, -0.25) is 9.69 Å². The second-order valence-corrected chi connectivity index (χ2v) is 8.37. The van der Waals surface area contributed by atoms with Crippen LogP contribution < -0.4 is 0 Å². The molecule has 1 aliphatic carbocycles. The Bertz CT molecular complexity index is 1310. The molecular formula is C27H24N2O4. The number of carbonyl (C=O) groups is 2. The fraction of sp³-hybridized carbons (Fsp3) is 0.185. The van der Waals surface area contributed by atoms with Crippen LogP contribution in [0, 0.1) is 0 Å². The van der Waals surface area contributed by atoms with E-state index in [4.69, 9.17) is 4.74 Å². The van der Waals surface area contributed by atoms with Gasteiger partial charge < -0.3 is 14.4 Å². The van der Waals surface area contributed by atoms with Gasteiger partial charge in [0.1, 0.15) is 13.2 Å². The first-order chi connectivity index (χ1) is 16.0. The molecule has 1 heterocycles. The lowest BCUT2D eigenvalue weighted by atomic mass is 9.98. The molecule has 6 nitrogen and oxygen atoms in total. The average molecular weight is 440 g/mol. The van der Waals surface area contributed by atoms with Crippen LogP contribution in [0.2, 0.25) is 0 Å². The molecule has 166 valence electrons. The second-order valence-electron chi connectivity index (χ2n) is 8.37. The van der Waals surface area contributed by atoms with Gasteiger partial charge in [-0.2, -0.15) is 0 Å². The van der Waals surface area contributed by atoms with E-state index in [0.29, 0.717) is 0 Å². The molecule has 0 spiro atoms. The number of fused-ring (bicyclic) bond motifs is 4. The van der Waals surface area contributed by atoms with Crippen LogP contribution in [-0.2, 0) is 23.1 Å². The third-order valence-corrected chi connectivity index (χ3v) is 6.24. The summed E-state index contributed by atoms with van der Waals surface area (Å²) in [7, 11) is 1.97. The van der Waals surface area contributed by atoms with E-state index in [0.717, 1.165) is 38.7 Å². The Morgan fingerprint density at radius 3 is 2.30 bits per heavy atom. The quantitative estimate of drug-likeness (QED) is 0.457. The Hall–Kier alpha value is -4.06. The van der Waals surface area contributed by atoms with Crippen molar-refractivity contribution in [3.63, 3.8) is 0 Å². The zero-order valence-corrected chi connectivity index (χ0v) is 18.3. The summed E-state index contributed by atoms with van der Waals surface area (Å²) in [6.45, 7) is -0.113. The number of carboxylic acid groups (broad SMARTS) is 1. The maximum atomic E-state index is 13.0. The number of aromatic nitrogens is 1. The van der Waals surface area contributed by atoms with Crippen LogP contribution in [0.5, 0.6) is 0 Å². The van der Waals surface area contributed by atoms with Gasteiger partial charge in [-0.1, -0.05) is 54.6 Å². The van der Waals surface area contributed by atoms with Gasteiger partial charge in [-0.15, -0.1) is 0 Å². The fourth-order valence-electron chi connectivity index (χ4n) is 4.68. The van der Waals surface area contributed by atoms with Crippen LogP contribution in [0.3, 0.4) is 0 Å². The number of carboxylic acids is 1. The van der Waals surface area contributed by atoms with Crippen LogP contribution in [0.1, 0.15) is 22.6 Å². The molecule has 33 heavy (non-hydrogen) atoms. The summed E-state index contributed by atoms with van der Waals surface area (Å²) in [6, 6.07) is 24.1. The number of nitrogens with zero attached hydrogens (tertiary/aromatic N) is 2. The molecular weight excluding hydrogens is 416 g/mol. The van der Waals surface area contributed by atoms with Crippen molar-refractivity contribution in [3.8, 4) is 11.1 Å². The Morgan fingerprint density at radius 1 is 0.970 bits per heavy atom. The molecule has 0 fully saturated rings. The number of hydrogen-bond donors (Lipinski definition) is 1. The number of hydrogen-bond acceptors (Lipinski definition) is 3. The Kier molecular flexibility index (Phi) is 5.34. The Morgan fingerprint density at radius 2 is 1.64 bits per heavy atom. The topological polar surface area (TPSA) is 71.8 Å². The lowest BCUT2D eigenvalue weighted by Gasteiger charge is -2.22. The summed E-state index contributed by atoms with van der Waals surface area (Å²) in [5, 5.41) is 10.4. The van der Waals surface area contributed by atoms with Crippen molar-refractivity contribution < 1.29 is 19.4 Å². The lowest BCUT2D eigenvalue weighted by molar-refractivity contribution is -0.138. The zero-order chi connectivity index (χ0) is 22.9. The van der Waals surface area contributed by atoms with Gasteiger partial charge >= 0.3 is 12.1 Å². The van der Waals surface area contributed by atoms with Crippen LogP contribution in [0.4, 0.5) is 4.79 Å². The van der Waals surface area contributed by atoms with Crippen molar-refractivity contribution in [2.45, 2.75) is 12.5 Å². The van der Waals surface area contributed by atoms with E-state index >= 15 is 0 Å².